The van der Waals surface area contributed by atoms with E-state index in [1.807, 2.05) is 24.3 Å². The maximum atomic E-state index is 13.5. The lowest BCUT2D eigenvalue weighted by atomic mass is 10.2. The van der Waals surface area contributed by atoms with Gasteiger partial charge in [-0.1, -0.05) is 72.3 Å². The van der Waals surface area contributed by atoms with E-state index in [0.717, 1.165) is 10.8 Å². The van der Waals surface area contributed by atoms with Crippen LogP contribution >= 0.6 is 11.6 Å². The molecule has 0 aliphatic heterocycles. The average Bonchev–Trinajstić information content (AvgIpc) is 2.45. The summed E-state index contributed by atoms with van der Waals surface area (Å²) in [5.74, 6) is -0.241. The van der Waals surface area contributed by atoms with Gasteiger partial charge in [0, 0.05) is 5.54 Å². The van der Waals surface area contributed by atoms with Crippen molar-refractivity contribution in [2.75, 3.05) is 0 Å². The molecular formula is C17H16ClFSi. The Morgan fingerprint density at radius 1 is 1.10 bits per heavy atom. The minimum atomic E-state index is -1.97. The zero-order valence-corrected chi connectivity index (χ0v) is 13.3. The summed E-state index contributed by atoms with van der Waals surface area (Å²) >= 11 is 5.75. The van der Waals surface area contributed by atoms with Crippen molar-refractivity contribution in [1.82, 2.24) is 0 Å². The Bertz CT molecular complexity index is 656. The number of hydrogen-bond acceptors (Lipinski definition) is 0. The van der Waals surface area contributed by atoms with Gasteiger partial charge in [0.2, 0.25) is 0 Å². The standard InChI is InChI=1S/C17H16ClFSi/c1-20(2,16-9-4-3-5-10-16)17(11-12-18)14-7-6-8-15(19)13-14/h3-10,12-13H,1-2H3. The first-order valence-electron chi connectivity index (χ1n) is 6.43. The Balaban J connectivity index is 2.58. The second-order valence-electron chi connectivity index (χ2n) is 5.13. The first-order chi connectivity index (χ1) is 9.55. The minimum Gasteiger partial charge on any atom is -0.207 e. The topological polar surface area (TPSA) is 0 Å². The molecule has 0 nitrogen and oxygen atoms in total. The Labute approximate surface area is 125 Å². The van der Waals surface area contributed by atoms with Gasteiger partial charge in [-0.3, -0.25) is 0 Å². The van der Waals surface area contributed by atoms with Gasteiger partial charge in [-0.05, 0) is 22.9 Å². The maximum Gasteiger partial charge on any atom is 0.123 e. The van der Waals surface area contributed by atoms with Crippen LogP contribution in [0.25, 0.3) is 5.20 Å². The molecule has 0 spiro atoms. The molecule has 0 amide bonds. The van der Waals surface area contributed by atoms with Gasteiger partial charge in [0.25, 0.3) is 0 Å². The van der Waals surface area contributed by atoms with Crippen molar-refractivity contribution in [3.8, 4) is 0 Å². The van der Waals surface area contributed by atoms with Gasteiger partial charge < -0.3 is 0 Å². The van der Waals surface area contributed by atoms with Crippen molar-refractivity contribution in [1.29, 1.82) is 0 Å². The first kappa shape index (κ1) is 14.8. The molecule has 2 aromatic carbocycles. The molecule has 0 N–H and O–H groups in total. The third-order valence-corrected chi connectivity index (χ3v) is 7.00. The van der Waals surface area contributed by atoms with E-state index < -0.39 is 8.07 Å². The van der Waals surface area contributed by atoms with E-state index in [2.05, 4.69) is 31.0 Å². The fraction of sp³-hybridized carbons (Fsp3) is 0.118. The molecule has 0 aliphatic carbocycles. The van der Waals surface area contributed by atoms with Crippen LogP contribution < -0.4 is 5.19 Å². The van der Waals surface area contributed by atoms with Crippen LogP contribution in [-0.4, -0.2) is 8.07 Å². The predicted molar refractivity (Wildman–Crippen MR) is 87.3 cm³/mol. The molecule has 0 atom stereocenters. The van der Waals surface area contributed by atoms with Gasteiger partial charge in [-0.25, -0.2) is 4.39 Å². The molecule has 20 heavy (non-hydrogen) atoms. The number of rotatable bonds is 3. The van der Waals surface area contributed by atoms with E-state index in [1.165, 1.54) is 16.8 Å². The molecule has 0 fully saturated rings. The molecule has 102 valence electrons. The summed E-state index contributed by atoms with van der Waals surface area (Å²) in [7, 11) is -1.97. The van der Waals surface area contributed by atoms with Gasteiger partial charge in [-0.15, -0.1) is 5.73 Å². The monoisotopic (exact) mass is 302 g/mol. The van der Waals surface area contributed by atoms with E-state index in [1.54, 1.807) is 12.1 Å². The molecule has 0 bridgehead atoms. The molecule has 0 heterocycles. The van der Waals surface area contributed by atoms with Crippen molar-refractivity contribution >= 4 is 30.1 Å². The highest BCUT2D eigenvalue weighted by molar-refractivity contribution is 7.04. The van der Waals surface area contributed by atoms with Crippen LogP contribution in [0.4, 0.5) is 4.39 Å². The van der Waals surface area contributed by atoms with E-state index in [-0.39, 0.29) is 5.82 Å². The van der Waals surface area contributed by atoms with Crippen molar-refractivity contribution in [2.24, 2.45) is 0 Å². The maximum absolute atomic E-state index is 13.5. The summed E-state index contributed by atoms with van der Waals surface area (Å²) in [6.07, 6.45) is 0. The molecule has 0 radical (unpaired) electrons. The van der Waals surface area contributed by atoms with E-state index >= 15 is 0 Å². The van der Waals surface area contributed by atoms with Crippen LogP contribution in [0.15, 0.2) is 65.9 Å². The van der Waals surface area contributed by atoms with Crippen LogP contribution in [0.1, 0.15) is 5.56 Å². The first-order valence-corrected chi connectivity index (χ1v) is 9.86. The Kier molecular flexibility index (Phi) is 4.61. The largest absolute Gasteiger partial charge is 0.207 e. The SMILES string of the molecule is C[Si](C)(C(=C=CCl)c1cccc(F)c1)c1ccccc1. The number of hydrogen-bond donors (Lipinski definition) is 0. The van der Waals surface area contributed by atoms with Gasteiger partial charge in [-0.2, -0.15) is 0 Å². The molecule has 0 saturated carbocycles. The Hall–Kier alpha value is -1.60. The van der Waals surface area contributed by atoms with Crippen molar-refractivity contribution < 1.29 is 4.39 Å². The highest BCUT2D eigenvalue weighted by Crippen LogP contribution is 2.25. The molecule has 0 aliphatic rings. The summed E-state index contributed by atoms with van der Waals surface area (Å²) in [6.45, 7) is 4.44. The summed E-state index contributed by atoms with van der Waals surface area (Å²) in [5, 5.41) is 2.27. The zero-order chi connectivity index (χ0) is 14.6. The molecule has 2 rings (SSSR count). The predicted octanol–water partition coefficient (Wildman–Crippen LogP) is 4.72. The highest BCUT2D eigenvalue weighted by atomic mass is 35.5. The molecule has 3 heteroatoms. The summed E-state index contributed by atoms with van der Waals surface area (Å²) in [5.41, 5.74) is 5.35. The fourth-order valence-corrected chi connectivity index (χ4v) is 5.15. The van der Waals surface area contributed by atoms with Crippen LogP contribution in [0.2, 0.25) is 13.1 Å². The second-order valence-corrected chi connectivity index (χ2v) is 9.68. The van der Waals surface area contributed by atoms with E-state index in [9.17, 15) is 4.39 Å². The molecule has 0 aromatic heterocycles. The lowest BCUT2D eigenvalue weighted by Crippen LogP contribution is -2.42. The summed E-state index contributed by atoms with van der Waals surface area (Å²) in [6, 6.07) is 16.9. The average molecular weight is 303 g/mol. The lowest BCUT2D eigenvalue weighted by Gasteiger charge is -2.25. The fourth-order valence-electron chi connectivity index (χ4n) is 2.32. The second kappa shape index (κ2) is 6.23. The van der Waals surface area contributed by atoms with E-state index in [0.29, 0.717) is 0 Å². The van der Waals surface area contributed by atoms with Crippen molar-refractivity contribution in [3.63, 3.8) is 0 Å². The number of benzene rings is 2. The quantitative estimate of drug-likeness (QED) is 0.569. The lowest BCUT2D eigenvalue weighted by molar-refractivity contribution is 0.627. The highest BCUT2D eigenvalue weighted by Gasteiger charge is 2.29. The van der Waals surface area contributed by atoms with Crippen LogP contribution in [0.3, 0.4) is 0 Å². The van der Waals surface area contributed by atoms with Gasteiger partial charge >= 0.3 is 0 Å². The normalized spacial score (nSPS) is 10.8. The van der Waals surface area contributed by atoms with Crippen molar-refractivity contribution in [3.05, 3.63) is 77.2 Å². The molecule has 0 saturated heterocycles. The summed E-state index contributed by atoms with van der Waals surface area (Å²) < 4.78 is 13.5. The smallest absolute Gasteiger partial charge is 0.123 e. The van der Waals surface area contributed by atoms with Crippen LogP contribution in [0.5, 0.6) is 0 Å². The molecule has 2 aromatic rings. The Morgan fingerprint density at radius 2 is 1.80 bits per heavy atom. The summed E-state index contributed by atoms with van der Waals surface area (Å²) in [4.78, 5) is 0. The molecule has 0 unspecified atom stereocenters. The molecular weight excluding hydrogens is 287 g/mol. The van der Waals surface area contributed by atoms with Gasteiger partial charge in [0.15, 0.2) is 0 Å². The van der Waals surface area contributed by atoms with Gasteiger partial charge in [0.05, 0.1) is 0 Å². The third kappa shape index (κ3) is 3.10. The minimum absolute atomic E-state index is 0.241. The van der Waals surface area contributed by atoms with Crippen LogP contribution in [0, 0.1) is 5.82 Å². The van der Waals surface area contributed by atoms with Crippen molar-refractivity contribution in [2.45, 2.75) is 13.1 Å². The van der Waals surface area contributed by atoms with Gasteiger partial charge in [0.1, 0.15) is 13.9 Å². The number of halogens is 2. The van der Waals surface area contributed by atoms with E-state index in [4.69, 9.17) is 11.6 Å². The zero-order valence-electron chi connectivity index (χ0n) is 11.5. The third-order valence-electron chi connectivity index (χ3n) is 3.43. The van der Waals surface area contributed by atoms with Crippen LogP contribution in [-0.2, 0) is 0 Å². The Morgan fingerprint density at radius 3 is 2.40 bits per heavy atom.